The average Bonchev–Trinajstić information content (AvgIpc) is 3.31. The van der Waals surface area contributed by atoms with E-state index in [1.165, 1.54) is 0 Å². The van der Waals surface area contributed by atoms with Crippen LogP contribution < -0.4 is 21.4 Å². The minimum Gasteiger partial charge on any atom is -0.450 e. The highest BCUT2D eigenvalue weighted by Crippen LogP contribution is 2.26. The second kappa shape index (κ2) is 15.3. The zero-order valence-electron chi connectivity index (χ0n) is 23.7. The molecule has 0 unspecified atom stereocenters. The van der Waals surface area contributed by atoms with E-state index in [1.807, 2.05) is 39.1 Å². The lowest BCUT2D eigenvalue weighted by Crippen LogP contribution is -2.51. The number of fused-ring (bicyclic) bond motifs is 1. The van der Waals surface area contributed by atoms with Gasteiger partial charge in [-0.2, -0.15) is 0 Å². The number of cyclic esters (lactones) is 1. The summed E-state index contributed by atoms with van der Waals surface area (Å²) in [7, 11) is 0. The van der Waals surface area contributed by atoms with Crippen molar-refractivity contribution < 1.29 is 29.1 Å². The van der Waals surface area contributed by atoms with Crippen LogP contribution in [0, 0.1) is 24.7 Å². The predicted octanol–water partition coefficient (Wildman–Crippen LogP) is 3.09. The molecule has 2 heterocycles. The first kappa shape index (κ1) is 30.9. The van der Waals surface area contributed by atoms with Gasteiger partial charge in [0.2, 0.25) is 17.7 Å². The molecule has 0 spiro atoms. The lowest BCUT2D eigenvalue weighted by molar-refractivity contribution is -0.142. The summed E-state index contributed by atoms with van der Waals surface area (Å²) in [6.45, 7) is 6.78. The van der Waals surface area contributed by atoms with Crippen LogP contribution in [0.1, 0.15) is 63.5 Å². The second-order valence-electron chi connectivity index (χ2n) is 11.0. The van der Waals surface area contributed by atoms with Crippen LogP contribution in [-0.4, -0.2) is 59.7 Å². The summed E-state index contributed by atoms with van der Waals surface area (Å²) in [4.78, 5) is 54.7. The fourth-order valence-corrected chi connectivity index (χ4v) is 5.23. The number of nitrogens with one attached hydrogen (secondary N) is 5. The lowest BCUT2D eigenvalue weighted by Gasteiger charge is -2.28. The molecule has 1 aromatic heterocycles. The molecule has 1 saturated heterocycles. The van der Waals surface area contributed by atoms with E-state index < -0.39 is 35.8 Å². The Kier molecular flexibility index (Phi) is 11.8. The molecule has 40 heavy (non-hydrogen) atoms. The van der Waals surface area contributed by atoms with Crippen molar-refractivity contribution in [3.05, 3.63) is 35.5 Å². The SMILES string of the molecule is Cc1ccc2[nH]cc(CCNC(=O)[C@@H]3CCCCNC(=O)OCCC[C@H](C(=O)NO)[C@@H](CC(C)C)C(=O)N3)c2c1. The normalized spacial score (nSPS) is 21.5. The molecule has 11 nitrogen and oxygen atoms in total. The van der Waals surface area contributed by atoms with E-state index in [4.69, 9.17) is 4.74 Å². The van der Waals surface area contributed by atoms with Crippen LogP contribution >= 0.6 is 0 Å². The number of hydrogen-bond acceptors (Lipinski definition) is 6. The molecule has 3 rings (SSSR count). The van der Waals surface area contributed by atoms with Gasteiger partial charge in [0.1, 0.15) is 6.04 Å². The number of aromatic nitrogens is 1. The number of rotatable bonds is 7. The highest BCUT2D eigenvalue weighted by molar-refractivity contribution is 5.91. The molecule has 220 valence electrons. The summed E-state index contributed by atoms with van der Waals surface area (Å²) in [5.74, 6) is -2.91. The molecular weight excluding hydrogens is 514 g/mol. The number of carbonyl (C=O) groups is 4. The van der Waals surface area contributed by atoms with Crippen LogP contribution in [0.25, 0.3) is 10.9 Å². The molecule has 1 aliphatic heterocycles. The summed E-state index contributed by atoms with van der Waals surface area (Å²) in [5.41, 5.74) is 4.97. The third-order valence-electron chi connectivity index (χ3n) is 7.33. The zero-order chi connectivity index (χ0) is 29.1. The minimum atomic E-state index is -0.849. The molecule has 0 saturated carbocycles. The van der Waals surface area contributed by atoms with Gasteiger partial charge >= 0.3 is 6.09 Å². The van der Waals surface area contributed by atoms with Crippen molar-refractivity contribution in [1.29, 1.82) is 0 Å². The Labute approximate surface area is 235 Å². The average molecular weight is 558 g/mol. The minimum absolute atomic E-state index is 0.0814. The monoisotopic (exact) mass is 557 g/mol. The summed E-state index contributed by atoms with van der Waals surface area (Å²) in [5, 5.41) is 19.0. The molecule has 0 radical (unpaired) electrons. The quantitative estimate of drug-likeness (QED) is 0.226. The number of carbonyl (C=O) groups excluding carboxylic acids is 4. The van der Waals surface area contributed by atoms with E-state index >= 15 is 0 Å². The van der Waals surface area contributed by atoms with Crippen molar-refractivity contribution in [3.8, 4) is 0 Å². The summed E-state index contributed by atoms with van der Waals surface area (Å²) in [6, 6.07) is 5.39. The van der Waals surface area contributed by atoms with Gasteiger partial charge in [-0.15, -0.1) is 0 Å². The van der Waals surface area contributed by atoms with Gasteiger partial charge in [-0.25, -0.2) is 10.3 Å². The van der Waals surface area contributed by atoms with Gasteiger partial charge < -0.3 is 25.7 Å². The third-order valence-corrected chi connectivity index (χ3v) is 7.33. The van der Waals surface area contributed by atoms with E-state index in [1.54, 1.807) is 5.48 Å². The smallest absolute Gasteiger partial charge is 0.407 e. The largest absolute Gasteiger partial charge is 0.450 e. The Balaban J connectivity index is 1.74. The van der Waals surface area contributed by atoms with Gasteiger partial charge in [0, 0.05) is 36.1 Å². The molecule has 0 bridgehead atoms. The summed E-state index contributed by atoms with van der Waals surface area (Å²) >= 11 is 0. The molecule has 1 aromatic carbocycles. The van der Waals surface area contributed by atoms with Gasteiger partial charge in [0.15, 0.2) is 0 Å². The van der Waals surface area contributed by atoms with Crippen molar-refractivity contribution in [3.63, 3.8) is 0 Å². The lowest BCUT2D eigenvalue weighted by atomic mass is 9.81. The molecule has 1 fully saturated rings. The van der Waals surface area contributed by atoms with E-state index in [0.717, 1.165) is 22.0 Å². The van der Waals surface area contributed by atoms with Gasteiger partial charge in [-0.05, 0) is 75.5 Å². The maximum absolute atomic E-state index is 13.6. The number of hydroxylamine groups is 1. The zero-order valence-corrected chi connectivity index (χ0v) is 23.7. The van der Waals surface area contributed by atoms with Crippen LogP contribution in [0.3, 0.4) is 0 Å². The molecule has 1 aliphatic rings. The molecule has 4 amide bonds. The Bertz CT molecular complexity index is 1160. The standard InChI is InChI=1S/C29H43N5O6/c1-18(2)15-23-21(27(36)34-39)7-6-14-40-29(38)31-12-5-4-8-25(33-26(23)35)28(37)30-13-11-20-17-32-24-10-9-19(3)16-22(20)24/h9-10,16-18,21,23,25,32,39H,4-8,11-15H2,1-3H3,(H,30,37)(H,31,38)(H,33,35)(H,34,36)/t21-,23+,25-/m0/s1. The predicted molar refractivity (Wildman–Crippen MR) is 150 cm³/mol. The number of benzene rings is 1. The number of amides is 4. The molecule has 2 aromatic rings. The maximum atomic E-state index is 13.6. The first-order valence-electron chi connectivity index (χ1n) is 14.2. The van der Waals surface area contributed by atoms with Crippen LogP contribution in [0.5, 0.6) is 0 Å². The first-order valence-corrected chi connectivity index (χ1v) is 14.2. The Morgan fingerprint density at radius 1 is 1.12 bits per heavy atom. The van der Waals surface area contributed by atoms with Gasteiger partial charge in [0.05, 0.1) is 12.5 Å². The molecule has 11 heteroatoms. The highest BCUT2D eigenvalue weighted by Gasteiger charge is 2.35. The first-order chi connectivity index (χ1) is 19.2. The number of aromatic amines is 1. The van der Waals surface area contributed by atoms with Gasteiger partial charge in [0.25, 0.3) is 0 Å². The van der Waals surface area contributed by atoms with Crippen LogP contribution in [0.2, 0.25) is 0 Å². The van der Waals surface area contributed by atoms with Crippen LogP contribution in [0.15, 0.2) is 24.4 Å². The topological polar surface area (TPSA) is 162 Å². The van der Waals surface area contributed by atoms with Crippen LogP contribution in [-0.2, 0) is 25.5 Å². The Morgan fingerprint density at radius 2 is 1.93 bits per heavy atom. The Morgan fingerprint density at radius 3 is 2.67 bits per heavy atom. The number of hydrogen-bond donors (Lipinski definition) is 6. The third kappa shape index (κ3) is 8.97. The fraction of sp³-hybridized carbons (Fsp3) is 0.586. The summed E-state index contributed by atoms with van der Waals surface area (Å²) in [6.07, 6.45) is 4.53. The van der Waals surface area contributed by atoms with Crippen molar-refractivity contribution in [2.75, 3.05) is 19.7 Å². The van der Waals surface area contributed by atoms with Crippen LogP contribution in [0.4, 0.5) is 4.79 Å². The maximum Gasteiger partial charge on any atom is 0.407 e. The van der Waals surface area contributed by atoms with Crippen molar-refractivity contribution in [2.24, 2.45) is 17.8 Å². The summed E-state index contributed by atoms with van der Waals surface area (Å²) < 4.78 is 5.18. The fourth-order valence-electron chi connectivity index (χ4n) is 5.23. The number of ether oxygens (including phenoxy) is 1. The second-order valence-corrected chi connectivity index (χ2v) is 11.0. The van der Waals surface area contributed by atoms with E-state index in [0.29, 0.717) is 51.6 Å². The van der Waals surface area contributed by atoms with Crippen molar-refractivity contribution >= 4 is 34.7 Å². The van der Waals surface area contributed by atoms with Gasteiger partial charge in [-0.3, -0.25) is 19.6 Å². The number of H-pyrrole nitrogens is 1. The van der Waals surface area contributed by atoms with Gasteiger partial charge in [-0.1, -0.05) is 25.5 Å². The molecular formula is C29H43N5O6. The number of aryl methyl sites for hydroxylation is 1. The molecule has 0 aliphatic carbocycles. The number of alkyl carbamates (subject to hydrolysis) is 1. The Hall–Kier alpha value is -3.60. The van der Waals surface area contributed by atoms with E-state index in [2.05, 4.69) is 27.0 Å². The molecule has 3 atom stereocenters. The van der Waals surface area contributed by atoms with Crippen molar-refractivity contribution in [2.45, 2.75) is 71.8 Å². The van der Waals surface area contributed by atoms with E-state index in [-0.39, 0.29) is 24.9 Å². The molecule has 6 N–H and O–H groups in total. The van der Waals surface area contributed by atoms with E-state index in [9.17, 15) is 24.4 Å². The highest BCUT2D eigenvalue weighted by atomic mass is 16.5. The van der Waals surface area contributed by atoms with Crippen molar-refractivity contribution in [1.82, 2.24) is 26.4 Å².